The Kier molecular flexibility index (Phi) is 5.47. The van der Waals surface area contributed by atoms with E-state index in [4.69, 9.17) is 0 Å². The lowest BCUT2D eigenvalue weighted by molar-refractivity contribution is -0.123. The molecule has 23 heavy (non-hydrogen) atoms. The first kappa shape index (κ1) is 16.2. The summed E-state index contributed by atoms with van der Waals surface area (Å²) >= 11 is 1.69. The Hall–Kier alpha value is -1.65. The number of carbonyl (C=O) groups is 1. The van der Waals surface area contributed by atoms with Crippen molar-refractivity contribution in [3.63, 3.8) is 0 Å². The molecule has 1 unspecified atom stereocenters. The molecule has 1 saturated heterocycles. The van der Waals surface area contributed by atoms with Crippen molar-refractivity contribution in [2.75, 3.05) is 19.6 Å². The van der Waals surface area contributed by atoms with Crippen LogP contribution in [-0.2, 0) is 4.79 Å². The van der Waals surface area contributed by atoms with Crippen LogP contribution in [0.5, 0.6) is 0 Å². The standard InChI is InChI=1S/C19H24N2OS/c1-15(18-8-5-13-23-18)20-19(22)14-21-11-9-17(10-12-21)16-6-3-2-4-7-16/h2-8,13,15,17H,9-12,14H2,1H3,(H,20,22). The molecule has 0 bridgehead atoms. The van der Waals surface area contributed by atoms with Crippen molar-refractivity contribution in [2.45, 2.75) is 31.7 Å². The number of amides is 1. The van der Waals surface area contributed by atoms with Gasteiger partial charge in [-0.15, -0.1) is 11.3 Å². The van der Waals surface area contributed by atoms with Gasteiger partial charge in [-0.25, -0.2) is 0 Å². The van der Waals surface area contributed by atoms with Gasteiger partial charge in [0.25, 0.3) is 0 Å². The van der Waals surface area contributed by atoms with Crippen molar-refractivity contribution >= 4 is 17.2 Å². The summed E-state index contributed by atoms with van der Waals surface area (Å²) in [4.78, 5) is 15.7. The number of nitrogens with one attached hydrogen (secondary N) is 1. The van der Waals surface area contributed by atoms with Crippen LogP contribution in [-0.4, -0.2) is 30.4 Å². The van der Waals surface area contributed by atoms with Gasteiger partial charge in [0.2, 0.25) is 5.91 Å². The number of thiophene rings is 1. The fraction of sp³-hybridized carbons (Fsp3) is 0.421. The highest BCUT2D eigenvalue weighted by Crippen LogP contribution is 2.27. The maximum atomic E-state index is 12.2. The second-order valence-corrected chi connectivity index (χ2v) is 7.24. The van der Waals surface area contributed by atoms with E-state index in [0.717, 1.165) is 25.9 Å². The Labute approximate surface area is 142 Å². The molecule has 1 aliphatic heterocycles. The average Bonchev–Trinajstić information content (AvgIpc) is 3.11. The summed E-state index contributed by atoms with van der Waals surface area (Å²) in [5.41, 5.74) is 1.43. The summed E-state index contributed by atoms with van der Waals surface area (Å²) in [5, 5.41) is 5.15. The first-order valence-electron chi connectivity index (χ1n) is 8.32. The summed E-state index contributed by atoms with van der Waals surface area (Å²) in [6, 6.07) is 14.9. The van der Waals surface area contributed by atoms with Gasteiger partial charge in [0, 0.05) is 4.88 Å². The van der Waals surface area contributed by atoms with Crippen LogP contribution in [0.15, 0.2) is 47.8 Å². The third-order valence-corrected chi connectivity index (χ3v) is 5.63. The van der Waals surface area contributed by atoms with Gasteiger partial charge < -0.3 is 5.32 Å². The third-order valence-electron chi connectivity index (χ3n) is 4.57. The molecule has 1 aromatic heterocycles. The van der Waals surface area contributed by atoms with Crippen LogP contribution in [0.1, 0.15) is 42.2 Å². The molecule has 1 aromatic carbocycles. The van der Waals surface area contributed by atoms with E-state index in [1.807, 2.05) is 18.4 Å². The predicted octanol–water partition coefficient (Wildman–Crippen LogP) is 3.80. The molecule has 0 aliphatic carbocycles. The van der Waals surface area contributed by atoms with Crippen LogP contribution >= 0.6 is 11.3 Å². The average molecular weight is 328 g/mol. The molecular weight excluding hydrogens is 304 g/mol. The van der Waals surface area contributed by atoms with Crippen molar-refractivity contribution in [1.82, 2.24) is 10.2 Å². The zero-order valence-corrected chi connectivity index (χ0v) is 14.4. The van der Waals surface area contributed by atoms with Crippen LogP contribution in [0.3, 0.4) is 0 Å². The number of likely N-dealkylation sites (tertiary alicyclic amines) is 1. The SMILES string of the molecule is CC(NC(=O)CN1CCC(c2ccccc2)CC1)c1cccs1. The van der Waals surface area contributed by atoms with Gasteiger partial charge in [0.1, 0.15) is 0 Å². The Morgan fingerprint density at radius 3 is 2.61 bits per heavy atom. The lowest BCUT2D eigenvalue weighted by Crippen LogP contribution is -2.41. The van der Waals surface area contributed by atoms with Crippen molar-refractivity contribution in [1.29, 1.82) is 0 Å². The van der Waals surface area contributed by atoms with Crippen LogP contribution < -0.4 is 5.32 Å². The van der Waals surface area contributed by atoms with E-state index in [2.05, 4.69) is 46.6 Å². The topological polar surface area (TPSA) is 32.3 Å². The molecule has 0 saturated carbocycles. The van der Waals surface area contributed by atoms with Crippen LogP contribution in [0.4, 0.5) is 0 Å². The molecule has 1 N–H and O–H groups in total. The molecule has 0 spiro atoms. The van der Waals surface area contributed by atoms with E-state index in [1.54, 1.807) is 11.3 Å². The van der Waals surface area contributed by atoms with Crippen LogP contribution in [0.2, 0.25) is 0 Å². The van der Waals surface area contributed by atoms with Crippen LogP contribution in [0, 0.1) is 0 Å². The number of hydrogen-bond donors (Lipinski definition) is 1. The minimum atomic E-state index is 0.101. The van der Waals surface area contributed by atoms with Gasteiger partial charge in [-0.2, -0.15) is 0 Å². The summed E-state index contributed by atoms with van der Waals surface area (Å²) < 4.78 is 0. The van der Waals surface area contributed by atoms with Crippen LogP contribution in [0.25, 0.3) is 0 Å². The Morgan fingerprint density at radius 2 is 1.96 bits per heavy atom. The van der Waals surface area contributed by atoms with Crippen molar-refractivity contribution in [2.24, 2.45) is 0 Å². The van der Waals surface area contributed by atoms with E-state index >= 15 is 0 Å². The van der Waals surface area contributed by atoms with E-state index < -0.39 is 0 Å². The highest BCUT2D eigenvalue weighted by Gasteiger charge is 2.22. The fourth-order valence-corrected chi connectivity index (χ4v) is 3.98. The maximum absolute atomic E-state index is 12.2. The predicted molar refractivity (Wildman–Crippen MR) is 95.7 cm³/mol. The molecule has 122 valence electrons. The summed E-state index contributed by atoms with van der Waals surface area (Å²) in [6.45, 7) is 4.56. The molecule has 2 heterocycles. The molecule has 1 fully saturated rings. The summed E-state index contributed by atoms with van der Waals surface area (Å²) in [5.74, 6) is 0.768. The molecule has 1 aliphatic rings. The zero-order valence-electron chi connectivity index (χ0n) is 13.6. The molecule has 1 amide bonds. The first-order valence-corrected chi connectivity index (χ1v) is 9.20. The van der Waals surface area contributed by atoms with Crippen molar-refractivity contribution in [3.8, 4) is 0 Å². The number of nitrogens with zero attached hydrogens (tertiary/aromatic N) is 1. The smallest absolute Gasteiger partial charge is 0.234 e. The van der Waals surface area contributed by atoms with E-state index in [0.29, 0.717) is 12.5 Å². The van der Waals surface area contributed by atoms with Gasteiger partial charge in [0.05, 0.1) is 12.6 Å². The highest BCUT2D eigenvalue weighted by molar-refractivity contribution is 7.10. The lowest BCUT2D eigenvalue weighted by atomic mass is 9.89. The number of carbonyl (C=O) groups excluding carboxylic acids is 1. The third kappa shape index (κ3) is 4.43. The van der Waals surface area contributed by atoms with Gasteiger partial charge >= 0.3 is 0 Å². The van der Waals surface area contributed by atoms with E-state index in [9.17, 15) is 4.79 Å². The maximum Gasteiger partial charge on any atom is 0.234 e. The number of benzene rings is 1. The number of hydrogen-bond acceptors (Lipinski definition) is 3. The lowest BCUT2D eigenvalue weighted by Gasteiger charge is -2.32. The molecule has 3 nitrogen and oxygen atoms in total. The molecule has 0 radical (unpaired) electrons. The molecule has 2 aromatic rings. The van der Waals surface area contributed by atoms with Crippen molar-refractivity contribution < 1.29 is 4.79 Å². The minimum Gasteiger partial charge on any atom is -0.348 e. The first-order chi connectivity index (χ1) is 11.2. The second-order valence-electron chi connectivity index (χ2n) is 6.27. The molecule has 1 atom stereocenters. The monoisotopic (exact) mass is 328 g/mol. The van der Waals surface area contributed by atoms with Gasteiger partial charge in [-0.05, 0) is 55.8 Å². The quantitative estimate of drug-likeness (QED) is 0.905. The van der Waals surface area contributed by atoms with Gasteiger partial charge in [-0.3, -0.25) is 9.69 Å². The second kappa shape index (κ2) is 7.75. The number of rotatable bonds is 5. The Morgan fingerprint density at radius 1 is 1.22 bits per heavy atom. The Bertz CT molecular complexity index is 604. The summed E-state index contributed by atoms with van der Waals surface area (Å²) in [6.07, 6.45) is 2.27. The fourth-order valence-electron chi connectivity index (χ4n) is 3.25. The molecular formula is C19H24N2OS. The van der Waals surface area contributed by atoms with Gasteiger partial charge in [-0.1, -0.05) is 36.4 Å². The van der Waals surface area contributed by atoms with Gasteiger partial charge in [0.15, 0.2) is 0 Å². The Balaban J connectivity index is 1.44. The summed E-state index contributed by atoms with van der Waals surface area (Å²) in [7, 11) is 0. The minimum absolute atomic E-state index is 0.101. The van der Waals surface area contributed by atoms with E-state index in [-0.39, 0.29) is 11.9 Å². The molecule has 4 heteroatoms. The van der Waals surface area contributed by atoms with E-state index in [1.165, 1.54) is 10.4 Å². The largest absolute Gasteiger partial charge is 0.348 e. The number of piperidine rings is 1. The molecule has 3 rings (SSSR count). The highest BCUT2D eigenvalue weighted by atomic mass is 32.1. The zero-order chi connectivity index (χ0) is 16.1. The normalized spacial score (nSPS) is 17.8. The van der Waals surface area contributed by atoms with Crippen molar-refractivity contribution in [3.05, 3.63) is 58.3 Å².